The molecule has 0 amide bonds. The first-order chi connectivity index (χ1) is 11.7. The molecule has 1 fully saturated rings. The van der Waals surface area contributed by atoms with Gasteiger partial charge in [-0.3, -0.25) is 0 Å². The Morgan fingerprint density at radius 2 is 1.21 bits per heavy atom. The number of hydrogen-bond donors (Lipinski definition) is 2. The molecule has 4 N–H and O–H groups in total. The first kappa shape index (κ1) is 16.8. The summed E-state index contributed by atoms with van der Waals surface area (Å²) in [5.41, 5.74) is 15.3. The highest BCUT2D eigenvalue weighted by atomic mass is 16.5. The topological polar surface area (TPSA) is 70.5 Å². The van der Waals surface area contributed by atoms with Crippen molar-refractivity contribution in [3.63, 3.8) is 0 Å². The summed E-state index contributed by atoms with van der Waals surface area (Å²) in [6.45, 7) is 1.26. The Labute approximate surface area is 143 Å². The van der Waals surface area contributed by atoms with Crippen LogP contribution in [-0.2, 0) is 22.7 Å². The van der Waals surface area contributed by atoms with Crippen molar-refractivity contribution >= 4 is 11.4 Å². The van der Waals surface area contributed by atoms with Gasteiger partial charge in [0.05, 0.1) is 25.4 Å². The van der Waals surface area contributed by atoms with Crippen molar-refractivity contribution in [3.05, 3.63) is 59.7 Å². The first-order valence-electron chi connectivity index (χ1n) is 8.61. The fourth-order valence-electron chi connectivity index (χ4n) is 3.20. The molecule has 0 spiro atoms. The number of benzene rings is 2. The molecule has 4 heteroatoms. The summed E-state index contributed by atoms with van der Waals surface area (Å²) in [5.74, 6) is 0. The molecule has 0 radical (unpaired) electrons. The van der Waals surface area contributed by atoms with E-state index in [0.29, 0.717) is 36.8 Å². The van der Waals surface area contributed by atoms with E-state index in [1.54, 1.807) is 6.07 Å². The van der Waals surface area contributed by atoms with Crippen molar-refractivity contribution in [2.75, 3.05) is 11.5 Å². The van der Waals surface area contributed by atoms with Gasteiger partial charge in [-0.15, -0.1) is 0 Å². The van der Waals surface area contributed by atoms with E-state index in [4.69, 9.17) is 20.9 Å². The van der Waals surface area contributed by atoms with Gasteiger partial charge in [-0.25, -0.2) is 0 Å². The highest BCUT2D eigenvalue weighted by molar-refractivity contribution is 5.54. The number of nitrogens with two attached hydrogens (primary N) is 2. The van der Waals surface area contributed by atoms with Crippen molar-refractivity contribution in [1.82, 2.24) is 0 Å². The third-order valence-electron chi connectivity index (χ3n) is 4.47. The summed E-state index contributed by atoms with van der Waals surface area (Å²) in [6.07, 6.45) is 4.82. The zero-order chi connectivity index (χ0) is 16.8. The lowest BCUT2D eigenvalue weighted by Gasteiger charge is -2.28. The predicted octanol–water partition coefficient (Wildman–Crippen LogP) is 3.90. The normalized spacial score (nSPS) is 20.8. The third kappa shape index (κ3) is 4.98. The quantitative estimate of drug-likeness (QED) is 0.790. The van der Waals surface area contributed by atoms with Crippen LogP contribution in [0.4, 0.5) is 11.4 Å². The number of rotatable bonds is 6. The van der Waals surface area contributed by atoms with Gasteiger partial charge in [0.1, 0.15) is 0 Å². The number of anilines is 2. The maximum Gasteiger partial charge on any atom is 0.0722 e. The largest absolute Gasteiger partial charge is 0.399 e. The summed E-state index contributed by atoms with van der Waals surface area (Å²) in [5, 5.41) is 0. The second-order valence-corrected chi connectivity index (χ2v) is 6.51. The van der Waals surface area contributed by atoms with Crippen LogP contribution in [0.15, 0.2) is 48.5 Å². The fraction of sp³-hybridized carbons (Fsp3) is 0.400. The SMILES string of the molecule is Nc1cc(N)cc(COC2CCC(OCc3ccccc3)CC2)c1. The number of hydrogen-bond acceptors (Lipinski definition) is 4. The lowest BCUT2D eigenvalue weighted by Crippen LogP contribution is -2.26. The Kier molecular flexibility index (Phi) is 5.72. The van der Waals surface area contributed by atoms with Gasteiger partial charge in [-0.05, 0) is 55.0 Å². The molecule has 0 aliphatic heterocycles. The molecule has 2 aromatic rings. The Hall–Kier alpha value is -2.04. The van der Waals surface area contributed by atoms with E-state index in [0.717, 1.165) is 31.2 Å². The van der Waals surface area contributed by atoms with E-state index in [2.05, 4.69) is 12.1 Å². The molecule has 1 saturated carbocycles. The van der Waals surface area contributed by atoms with Gasteiger partial charge in [0.2, 0.25) is 0 Å². The average molecular weight is 326 g/mol. The molecule has 0 atom stereocenters. The highest BCUT2D eigenvalue weighted by Gasteiger charge is 2.22. The van der Waals surface area contributed by atoms with Crippen LogP contribution in [0.3, 0.4) is 0 Å². The van der Waals surface area contributed by atoms with Crippen LogP contribution >= 0.6 is 0 Å². The minimum absolute atomic E-state index is 0.296. The van der Waals surface area contributed by atoms with E-state index in [1.165, 1.54) is 5.56 Å². The zero-order valence-electron chi connectivity index (χ0n) is 14.0. The summed E-state index contributed by atoms with van der Waals surface area (Å²) < 4.78 is 12.0. The van der Waals surface area contributed by atoms with Crippen molar-refractivity contribution in [3.8, 4) is 0 Å². The van der Waals surface area contributed by atoms with E-state index in [-0.39, 0.29) is 0 Å². The molecule has 1 aliphatic rings. The maximum absolute atomic E-state index is 6.02. The lowest BCUT2D eigenvalue weighted by molar-refractivity contribution is -0.0419. The number of ether oxygens (including phenoxy) is 2. The molecule has 0 bridgehead atoms. The van der Waals surface area contributed by atoms with Gasteiger partial charge in [-0.2, -0.15) is 0 Å². The molecule has 0 unspecified atom stereocenters. The molecule has 24 heavy (non-hydrogen) atoms. The highest BCUT2D eigenvalue weighted by Crippen LogP contribution is 2.25. The Bertz CT molecular complexity index is 617. The van der Waals surface area contributed by atoms with E-state index in [9.17, 15) is 0 Å². The maximum atomic E-state index is 6.02. The second-order valence-electron chi connectivity index (χ2n) is 6.51. The zero-order valence-corrected chi connectivity index (χ0v) is 14.0. The van der Waals surface area contributed by atoms with Crippen LogP contribution < -0.4 is 11.5 Å². The molecule has 0 heterocycles. The molecular weight excluding hydrogens is 300 g/mol. The van der Waals surface area contributed by atoms with Crippen molar-refractivity contribution < 1.29 is 9.47 Å². The molecule has 0 aromatic heterocycles. The third-order valence-corrected chi connectivity index (χ3v) is 4.47. The molecule has 2 aromatic carbocycles. The second kappa shape index (κ2) is 8.18. The first-order valence-corrected chi connectivity index (χ1v) is 8.61. The molecule has 0 saturated heterocycles. The smallest absolute Gasteiger partial charge is 0.0722 e. The van der Waals surface area contributed by atoms with Gasteiger partial charge < -0.3 is 20.9 Å². The van der Waals surface area contributed by atoms with Crippen LogP contribution in [0.2, 0.25) is 0 Å². The molecular formula is C20H26N2O2. The lowest BCUT2D eigenvalue weighted by atomic mass is 9.95. The van der Waals surface area contributed by atoms with E-state index < -0.39 is 0 Å². The van der Waals surface area contributed by atoms with Crippen molar-refractivity contribution in [1.29, 1.82) is 0 Å². The minimum Gasteiger partial charge on any atom is -0.399 e. The average Bonchev–Trinajstić information content (AvgIpc) is 2.59. The molecule has 1 aliphatic carbocycles. The van der Waals surface area contributed by atoms with Crippen LogP contribution in [0.1, 0.15) is 36.8 Å². The van der Waals surface area contributed by atoms with Crippen LogP contribution in [-0.4, -0.2) is 12.2 Å². The van der Waals surface area contributed by atoms with Gasteiger partial charge in [-0.1, -0.05) is 30.3 Å². The van der Waals surface area contributed by atoms with Gasteiger partial charge in [0.15, 0.2) is 0 Å². The molecule has 3 rings (SSSR count). The van der Waals surface area contributed by atoms with Crippen LogP contribution in [0, 0.1) is 0 Å². The number of nitrogen functional groups attached to an aromatic ring is 2. The van der Waals surface area contributed by atoms with Crippen molar-refractivity contribution in [2.45, 2.75) is 51.1 Å². The van der Waals surface area contributed by atoms with E-state index >= 15 is 0 Å². The standard InChI is InChI=1S/C20H26N2O2/c21-17-10-16(11-18(22)12-17)14-24-20-8-6-19(7-9-20)23-13-15-4-2-1-3-5-15/h1-5,10-12,19-20H,6-9,13-14,21-22H2. The predicted molar refractivity (Wildman–Crippen MR) is 97.3 cm³/mol. The summed E-state index contributed by atoms with van der Waals surface area (Å²) >= 11 is 0. The summed E-state index contributed by atoms with van der Waals surface area (Å²) in [6, 6.07) is 15.9. The fourth-order valence-corrected chi connectivity index (χ4v) is 3.20. The van der Waals surface area contributed by atoms with Crippen LogP contribution in [0.5, 0.6) is 0 Å². The summed E-state index contributed by atoms with van der Waals surface area (Å²) in [4.78, 5) is 0. The minimum atomic E-state index is 0.296. The van der Waals surface area contributed by atoms with E-state index in [1.807, 2.05) is 30.3 Å². The molecule has 4 nitrogen and oxygen atoms in total. The van der Waals surface area contributed by atoms with Crippen LogP contribution in [0.25, 0.3) is 0 Å². The monoisotopic (exact) mass is 326 g/mol. The Morgan fingerprint density at radius 1 is 0.708 bits per heavy atom. The van der Waals surface area contributed by atoms with Gasteiger partial charge in [0.25, 0.3) is 0 Å². The van der Waals surface area contributed by atoms with Gasteiger partial charge in [0, 0.05) is 11.4 Å². The van der Waals surface area contributed by atoms with Gasteiger partial charge >= 0.3 is 0 Å². The Balaban J connectivity index is 1.39. The summed E-state index contributed by atoms with van der Waals surface area (Å²) in [7, 11) is 0. The molecule has 128 valence electrons. The van der Waals surface area contributed by atoms with Crippen molar-refractivity contribution in [2.24, 2.45) is 0 Å². The Morgan fingerprint density at radius 3 is 1.75 bits per heavy atom.